The molecule has 0 saturated carbocycles. The second-order valence-electron chi connectivity index (χ2n) is 8.18. The molecule has 2 aliphatic rings. The molecule has 3 aromatic rings. The van der Waals surface area contributed by atoms with Gasteiger partial charge in [0, 0.05) is 19.1 Å². The number of benzene rings is 3. The van der Waals surface area contributed by atoms with Crippen LogP contribution in [0.2, 0.25) is 0 Å². The first-order chi connectivity index (χ1) is 14.1. The Kier molecular flexibility index (Phi) is 4.39. The molecule has 0 fully saturated rings. The van der Waals surface area contributed by atoms with Gasteiger partial charge in [-0.05, 0) is 69.3 Å². The number of rotatable bonds is 3. The van der Waals surface area contributed by atoms with Gasteiger partial charge in [-0.25, -0.2) is 0 Å². The maximum absolute atomic E-state index is 5.64. The Bertz CT molecular complexity index is 1130. The van der Waals surface area contributed by atoms with Crippen LogP contribution in [0, 0.1) is 5.92 Å². The number of hydrogen-bond acceptors (Lipinski definition) is 4. The summed E-state index contributed by atoms with van der Waals surface area (Å²) < 4.78 is 16.8. The zero-order valence-electron chi connectivity index (χ0n) is 17.5. The van der Waals surface area contributed by atoms with Crippen LogP contribution in [0.3, 0.4) is 0 Å². The van der Waals surface area contributed by atoms with Crippen LogP contribution >= 0.6 is 0 Å². The van der Waals surface area contributed by atoms with Gasteiger partial charge in [0.1, 0.15) is 5.75 Å². The van der Waals surface area contributed by atoms with Crippen molar-refractivity contribution in [3.8, 4) is 17.2 Å². The van der Waals surface area contributed by atoms with Gasteiger partial charge in [-0.1, -0.05) is 25.1 Å². The van der Waals surface area contributed by atoms with Crippen molar-refractivity contribution >= 4 is 21.5 Å². The van der Waals surface area contributed by atoms with Crippen LogP contribution in [-0.2, 0) is 13.0 Å². The minimum absolute atomic E-state index is 0.464. The first-order valence-electron chi connectivity index (χ1n) is 10.2. The lowest BCUT2D eigenvalue weighted by Gasteiger charge is -2.40. The van der Waals surface area contributed by atoms with Crippen molar-refractivity contribution in [1.82, 2.24) is 4.90 Å². The van der Waals surface area contributed by atoms with Gasteiger partial charge < -0.3 is 14.2 Å². The first-order valence-corrected chi connectivity index (χ1v) is 10.2. The Morgan fingerprint density at radius 2 is 1.52 bits per heavy atom. The third-order valence-electron chi connectivity index (χ3n) is 6.48. The van der Waals surface area contributed by atoms with Crippen LogP contribution in [-0.4, -0.2) is 38.8 Å². The van der Waals surface area contributed by atoms with Crippen molar-refractivity contribution in [2.45, 2.75) is 25.9 Å². The van der Waals surface area contributed by atoms with Crippen molar-refractivity contribution in [2.75, 3.05) is 27.9 Å². The van der Waals surface area contributed by atoms with E-state index in [4.69, 9.17) is 14.2 Å². The summed E-state index contributed by atoms with van der Waals surface area (Å²) in [6.07, 6.45) is 5.78. The van der Waals surface area contributed by atoms with Gasteiger partial charge in [0.05, 0.1) is 21.3 Å². The Balaban J connectivity index is 1.84. The third kappa shape index (κ3) is 2.85. The molecule has 0 bridgehead atoms. The Labute approximate surface area is 171 Å². The Morgan fingerprint density at radius 1 is 0.793 bits per heavy atom. The number of hydrogen-bond donors (Lipinski definition) is 0. The lowest BCUT2D eigenvalue weighted by atomic mass is 9.83. The summed E-state index contributed by atoms with van der Waals surface area (Å²) in [6.45, 7) is 4.38. The molecule has 2 atom stereocenters. The zero-order valence-corrected chi connectivity index (χ0v) is 17.5. The van der Waals surface area contributed by atoms with Crippen molar-refractivity contribution in [3.63, 3.8) is 0 Å². The quantitative estimate of drug-likeness (QED) is 0.468. The highest BCUT2D eigenvalue weighted by Gasteiger charge is 2.30. The molecule has 2 unspecified atom stereocenters. The first kappa shape index (κ1) is 18.3. The lowest BCUT2D eigenvalue weighted by Crippen LogP contribution is -2.43. The van der Waals surface area contributed by atoms with E-state index in [-0.39, 0.29) is 0 Å². The third-order valence-corrected chi connectivity index (χ3v) is 6.48. The fourth-order valence-corrected chi connectivity index (χ4v) is 5.02. The summed E-state index contributed by atoms with van der Waals surface area (Å²) in [5.74, 6) is 3.01. The molecular weight excluding hydrogens is 362 g/mol. The molecule has 0 aromatic heterocycles. The smallest absolute Gasteiger partial charge is 0.161 e. The molecule has 0 aliphatic carbocycles. The van der Waals surface area contributed by atoms with Gasteiger partial charge in [-0.15, -0.1) is 0 Å². The van der Waals surface area contributed by atoms with Gasteiger partial charge in [-0.2, -0.15) is 0 Å². The van der Waals surface area contributed by atoms with Crippen LogP contribution in [0.25, 0.3) is 21.5 Å². The van der Waals surface area contributed by atoms with Gasteiger partial charge >= 0.3 is 0 Å². The molecule has 2 aliphatic heterocycles. The van der Waals surface area contributed by atoms with Crippen LogP contribution in [0.5, 0.6) is 17.2 Å². The normalized spacial score (nSPS) is 21.1. The molecule has 5 rings (SSSR count). The average molecular weight is 389 g/mol. The number of methoxy groups -OCH3 is 3. The summed E-state index contributed by atoms with van der Waals surface area (Å²) in [6, 6.07) is 11.2. The number of fused-ring (bicyclic) bond motifs is 7. The van der Waals surface area contributed by atoms with Gasteiger partial charge in [0.25, 0.3) is 0 Å². The molecule has 0 N–H and O–H groups in total. The molecule has 4 nitrogen and oxygen atoms in total. The summed E-state index contributed by atoms with van der Waals surface area (Å²) in [5.41, 5.74) is 2.86. The van der Waals surface area contributed by atoms with E-state index in [2.05, 4.69) is 54.3 Å². The maximum Gasteiger partial charge on any atom is 0.161 e. The van der Waals surface area contributed by atoms with Gasteiger partial charge in [0.15, 0.2) is 11.5 Å². The van der Waals surface area contributed by atoms with E-state index < -0.39 is 0 Å². The molecule has 0 amide bonds. The summed E-state index contributed by atoms with van der Waals surface area (Å²) in [5, 5.41) is 4.96. The zero-order chi connectivity index (χ0) is 20.1. The highest BCUT2D eigenvalue weighted by atomic mass is 16.5. The summed E-state index contributed by atoms with van der Waals surface area (Å²) >= 11 is 0. The highest BCUT2D eigenvalue weighted by Crippen LogP contribution is 2.43. The van der Waals surface area contributed by atoms with Gasteiger partial charge in [0.2, 0.25) is 0 Å². The molecule has 3 aromatic carbocycles. The van der Waals surface area contributed by atoms with E-state index >= 15 is 0 Å². The minimum Gasteiger partial charge on any atom is -0.497 e. The monoisotopic (exact) mass is 389 g/mol. The molecule has 2 heterocycles. The van der Waals surface area contributed by atoms with Crippen molar-refractivity contribution in [2.24, 2.45) is 5.92 Å². The number of ether oxygens (including phenoxy) is 3. The lowest BCUT2D eigenvalue weighted by molar-refractivity contribution is 0.178. The molecular formula is C25H27NO3. The van der Waals surface area contributed by atoms with Crippen molar-refractivity contribution < 1.29 is 14.2 Å². The minimum atomic E-state index is 0.464. The van der Waals surface area contributed by atoms with E-state index in [9.17, 15) is 0 Å². The second-order valence-corrected chi connectivity index (χ2v) is 8.18. The summed E-state index contributed by atoms with van der Waals surface area (Å²) in [4.78, 5) is 2.61. The fourth-order valence-electron chi connectivity index (χ4n) is 5.02. The van der Waals surface area contributed by atoms with Crippen molar-refractivity contribution in [1.29, 1.82) is 0 Å². The maximum atomic E-state index is 5.64. The number of nitrogens with zero attached hydrogens (tertiary/aromatic N) is 1. The highest BCUT2D eigenvalue weighted by molar-refractivity contribution is 6.12. The SMILES string of the molecule is COc1ccc2c3c(c4cc(OC)c(OC)cc4c2c1)CC1C=CC(C)CN1C3. The second kappa shape index (κ2) is 6.96. The standard InChI is InChI=1S/C25H27NO3/c1-15-5-6-16-9-19-21-11-24(28-3)25(29-4)12-22(21)20-10-17(27-2)7-8-18(20)23(19)14-26(16)13-15/h5-8,10-12,15-16H,9,13-14H2,1-4H3. The van der Waals surface area contributed by atoms with E-state index in [0.29, 0.717) is 12.0 Å². The Hall–Kier alpha value is -2.72. The molecule has 4 heteroatoms. The van der Waals surface area contributed by atoms with Crippen LogP contribution in [0.15, 0.2) is 42.5 Å². The predicted octanol–water partition coefficient (Wildman–Crippen LogP) is 4.95. The largest absolute Gasteiger partial charge is 0.497 e. The fraction of sp³-hybridized carbons (Fsp3) is 0.360. The Morgan fingerprint density at radius 3 is 2.24 bits per heavy atom. The predicted molar refractivity (Wildman–Crippen MR) is 117 cm³/mol. The molecule has 29 heavy (non-hydrogen) atoms. The van der Waals surface area contributed by atoms with E-state index in [1.807, 2.05) is 0 Å². The van der Waals surface area contributed by atoms with E-state index in [1.165, 1.54) is 32.7 Å². The van der Waals surface area contributed by atoms with E-state index in [0.717, 1.165) is 36.8 Å². The van der Waals surface area contributed by atoms with E-state index in [1.54, 1.807) is 21.3 Å². The molecule has 150 valence electrons. The molecule has 0 spiro atoms. The topological polar surface area (TPSA) is 30.9 Å². The molecule has 0 saturated heterocycles. The van der Waals surface area contributed by atoms with Crippen LogP contribution in [0.1, 0.15) is 18.1 Å². The summed E-state index contributed by atoms with van der Waals surface area (Å²) in [7, 11) is 5.11. The van der Waals surface area contributed by atoms with Crippen LogP contribution < -0.4 is 14.2 Å². The van der Waals surface area contributed by atoms with Crippen LogP contribution in [0.4, 0.5) is 0 Å². The average Bonchev–Trinajstić information content (AvgIpc) is 2.76. The van der Waals surface area contributed by atoms with Crippen molar-refractivity contribution in [3.05, 3.63) is 53.6 Å². The van der Waals surface area contributed by atoms with Gasteiger partial charge in [-0.3, -0.25) is 4.90 Å². The molecule has 0 radical (unpaired) electrons.